The number of aryl methyl sites for hydroxylation is 2. The molecule has 21 heavy (non-hydrogen) atoms. The minimum atomic E-state index is 0.425. The summed E-state index contributed by atoms with van der Waals surface area (Å²) in [5.41, 5.74) is 4.33. The van der Waals surface area contributed by atoms with E-state index < -0.39 is 0 Å². The van der Waals surface area contributed by atoms with Gasteiger partial charge in [-0.3, -0.25) is 0 Å². The molecule has 1 N–H and O–H groups in total. The summed E-state index contributed by atoms with van der Waals surface area (Å²) in [5.74, 6) is 1.74. The monoisotopic (exact) mass is 289 g/mol. The highest BCUT2D eigenvalue weighted by molar-refractivity contribution is 5.44. The average molecular weight is 289 g/mol. The Balaban J connectivity index is 2.39. The zero-order chi connectivity index (χ0) is 15.6. The van der Waals surface area contributed by atoms with Crippen LogP contribution in [0.5, 0.6) is 5.75 Å². The summed E-state index contributed by atoms with van der Waals surface area (Å²) in [7, 11) is 1.76. The van der Waals surface area contributed by atoms with Gasteiger partial charge in [-0.15, -0.1) is 0 Å². The van der Waals surface area contributed by atoms with Crippen molar-refractivity contribution in [3.05, 3.63) is 28.8 Å². The van der Waals surface area contributed by atoms with E-state index in [2.05, 4.69) is 52.1 Å². The largest absolute Gasteiger partial charge is 0.496 e. The molecule has 0 amide bonds. The highest BCUT2D eigenvalue weighted by Crippen LogP contribution is 2.49. The van der Waals surface area contributed by atoms with Gasteiger partial charge in [-0.2, -0.15) is 0 Å². The fraction of sp³-hybridized carbons (Fsp3) is 0.684. The molecule has 2 atom stereocenters. The van der Waals surface area contributed by atoms with E-state index in [9.17, 15) is 0 Å². The molecule has 0 radical (unpaired) electrons. The van der Waals surface area contributed by atoms with Gasteiger partial charge < -0.3 is 10.1 Å². The van der Waals surface area contributed by atoms with Gasteiger partial charge in [-0.1, -0.05) is 39.3 Å². The normalized spacial score (nSPS) is 22.3. The van der Waals surface area contributed by atoms with Crippen LogP contribution in [0.4, 0.5) is 0 Å². The lowest BCUT2D eigenvalue weighted by Gasteiger charge is -2.35. The molecule has 0 bridgehead atoms. The maximum atomic E-state index is 5.52. The highest BCUT2D eigenvalue weighted by atomic mass is 16.5. The van der Waals surface area contributed by atoms with Crippen molar-refractivity contribution in [1.29, 1.82) is 0 Å². The summed E-state index contributed by atoms with van der Waals surface area (Å²) in [5, 5.41) is 3.75. The van der Waals surface area contributed by atoms with Gasteiger partial charge in [-0.25, -0.2) is 0 Å². The number of benzene rings is 1. The van der Waals surface area contributed by atoms with Crippen LogP contribution in [0.3, 0.4) is 0 Å². The predicted molar refractivity (Wildman–Crippen MR) is 90.0 cm³/mol. The van der Waals surface area contributed by atoms with Gasteiger partial charge in [0.2, 0.25) is 0 Å². The van der Waals surface area contributed by atoms with Gasteiger partial charge in [0.1, 0.15) is 5.75 Å². The molecule has 0 saturated heterocycles. The highest BCUT2D eigenvalue weighted by Gasteiger charge is 2.39. The molecule has 1 fully saturated rings. The van der Waals surface area contributed by atoms with E-state index in [1.54, 1.807) is 7.11 Å². The zero-order valence-corrected chi connectivity index (χ0v) is 14.5. The molecule has 2 unspecified atom stereocenters. The second kappa shape index (κ2) is 6.39. The first kappa shape index (κ1) is 16.4. The lowest BCUT2D eigenvalue weighted by molar-refractivity contribution is 0.199. The van der Waals surface area contributed by atoms with E-state index >= 15 is 0 Å². The Bertz CT molecular complexity index is 469. The topological polar surface area (TPSA) is 21.3 Å². The first-order valence-corrected chi connectivity index (χ1v) is 8.29. The molecule has 0 spiro atoms. The first-order valence-electron chi connectivity index (χ1n) is 8.29. The number of ether oxygens (including phenoxy) is 1. The molecular weight excluding hydrogens is 258 g/mol. The van der Waals surface area contributed by atoms with Crippen LogP contribution in [0, 0.1) is 25.2 Å². The molecule has 1 aliphatic carbocycles. The molecule has 118 valence electrons. The minimum absolute atomic E-state index is 0.425. The molecule has 1 saturated carbocycles. The van der Waals surface area contributed by atoms with Crippen molar-refractivity contribution in [2.24, 2.45) is 11.3 Å². The van der Waals surface area contributed by atoms with Gasteiger partial charge in [-0.05, 0) is 61.3 Å². The SMILES string of the molecule is CCNC(c1cc(C)c(OC)c(C)c1)C1CCCC1(C)C. The van der Waals surface area contributed by atoms with Crippen molar-refractivity contribution in [2.45, 2.75) is 59.9 Å². The maximum absolute atomic E-state index is 5.52. The van der Waals surface area contributed by atoms with Crippen molar-refractivity contribution < 1.29 is 4.74 Å². The smallest absolute Gasteiger partial charge is 0.124 e. The van der Waals surface area contributed by atoms with Crippen LogP contribution in [0.15, 0.2) is 12.1 Å². The molecule has 0 aromatic heterocycles. The molecule has 2 heteroatoms. The van der Waals surface area contributed by atoms with Crippen molar-refractivity contribution in [1.82, 2.24) is 5.32 Å². The van der Waals surface area contributed by atoms with Crippen molar-refractivity contribution >= 4 is 0 Å². The second-order valence-corrected chi connectivity index (χ2v) is 7.21. The fourth-order valence-electron chi connectivity index (χ4n) is 4.17. The van der Waals surface area contributed by atoms with Crippen LogP contribution in [-0.4, -0.2) is 13.7 Å². The van der Waals surface area contributed by atoms with E-state index in [4.69, 9.17) is 4.74 Å². The summed E-state index contributed by atoms with van der Waals surface area (Å²) in [6.07, 6.45) is 4.02. The van der Waals surface area contributed by atoms with Crippen LogP contribution in [-0.2, 0) is 0 Å². The molecule has 1 aliphatic rings. The van der Waals surface area contributed by atoms with Gasteiger partial charge in [0.15, 0.2) is 0 Å². The predicted octanol–water partition coefficient (Wildman–Crippen LogP) is 4.79. The van der Waals surface area contributed by atoms with Crippen LogP contribution < -0.4 is 10.1 Å². The number of nitrogens with one attached hydrogen (secondary N) is 1. The lowest BCUT2D eigenvalue weighted by atomic mass is 9.75. The third kappa shape index (κ3) is 3.26. The van der Waals surface area contributed by atoms with Gasteiger partial charge >= 0.3 is 0 Å². The summed E-state index contributed by atoms with van der Waals surface area (Å²) >= 11 is 0. The van der Waals surface area contributed by atoms with E-state index in [0.29, 0.717) is 17.4 Å². The number of methoxy groups -OCH3 is 1. The summed E-state index contributed by atoms with van der Waals surface area (Å²) < 4.78 is 5.52. The van der Waals surface area contributed by atoms with Crippen molar-refractivity contribution in [3.63, 3.8) is 0 Å². The van der Waals surface area contributed by atoms with Crippen molar-refractivity contribution in [2.75, 3.05) is 13.7 Å². The Labute approximate surface area is 130 Å². The molecule has 1 aromatic rings. The number of rotatable bonds is 5. The van der Waals surface area contributed by atoms with Crippen LogP contribution in [0.2, 0.25) is 0 Å². The molecular formula is C19H31NO. The quantitative estimate of drug-likeness (QED) is 0.841. The molecule has 1 aromatic carbocycles. The first-order chi connectivity index (χ1) is 9.90. The van der Waals surface area contributed by atoms with Gasteiger partial charge in [0, 0.05) is 6.04 Å². The molecule has 2 nitrogen and oxygen atoms in total. The summed E-state index contributed by atoms with van der Waals surface area (Å²) in [6.45, 7) is 12.4. The standard InChI is InChI=1S/C19H31NO/c1-7-20-17(16-9-8-10-19(16,4)5)15-11-13(2)18(21-6)14(3)12-15/h11-12,16-17,20H,7-10H2,1-6H3. The van der Waals surface area contributed by atoms with E-state index in [1.807, 2.05) is 0 Å². The van der Waals surface area contributed by atoms with Crippen molar-refractivity contribution in [3.8, 4) is 5.75 Å². The zero-order valence-electron chi connectivity index (χ0n) is 14.5. The molecule has 0 heterocycles. The van der Waals surface area contributed by atoms with E-state index in [-0.39, 0.29) is 0 Å². The van der Waals surface area contributed by atoms with Crippen LogP contribution >= 0.6 is 0 Å². The average Bonchev–Trinajstić information content (AvgIpc) is 2.75. The van der Waals surface area contributed by atoms with Crippen LogP contribution in [0.25, 0.3) is 0 Å². The Morgan fingerprint density at radius 3 is 2.33 bits per heavy atom. The second-order valence-electron chi connectivity index (χ2n) is 7.21. The van der Waals surface area contributed by atoms with Gasteiger partial charge in [0.25, 0.3) is 0 Å². The number of hydrogen-bond donors (Lipinski definition) is 1. The molecule has 2 rings (SSSR count). The Morgan fingerprint density at radius 1 is 1.29 bits per heavy atom. The van der Waals surface area contributed by atoms with Gasteiger partial charge in [0.05, 0.1) is 7.11 Å². The Kier molecular flexibility index (Phi) is 4.98. The maximum Gasteiger partial charge on any atom is 0.124 e. The Hall–Kier alpha value is -1.02. The van der Waals surface area contributed by atoms with E-state index in [0.717, 1.165) is 12.3 Å². The Morgan fingerprint density at radius 2 is 1.90 bits per heavy atom. The summed E-state index contributed by atoms with van der Waals surface area (Å²) in [4.78, 5) is 0. The van der Waals surface area contributed by atoms with E-state index in [1.165, 1.54) is 36.0 Å². The minimum Gasteiger partial charge on any atom is -0.496 e. The third-order valence-electron chi connectivity index (χ3n) is 5.21. The summed E-state index contributed by atoms with van der Waals surface area (Å²) in [6, 6.07) is 5.08. The lowest BCUT2D eigenvalue weighted by Crippen LogP contribution is -2.34. The third-order valence-corrected chi connectivity index (χ3v) is 5.21. The molecule has 0 aliphatic heterocycles. The van der Waals surface area contributed by atoms with Crippen LogP contribution in [0.1, 0.15) is 62.8 Å². The fourth-order valence-corrected chi connectivity index (χ4v) is 4.17. The number of hydrogen-bond acceptors (Lipinski definition) is 2.